The van der Waals surface area contributed by atoms with Crippen LogP contribution in [0.3, 0.4) is 0 Å². The van der Waals surface area contributed by atoms with Gasteiger partial charge in [-0.15, -0.1) is 0 Å². The minimum atomic E-state index is -2.49. The summed E-state index contributed by atoms with van der Waals surface area (Å²) in [5.41, 5.74) is 0.456. The molecule has 0 spiro atoms. The van der Waals surface area contributed by atoms with Crippen LogP contribution in [0.4, 0.5) is 8.78 Å². The van der Waals surface area contributed by atoms with Crippen molar-refractivity contribution in [1.82, 2.24) is 5.32 Å². The highest BCUT2D eigenvalue weighted by molar-refractivity contribution is 14.1. The Morgan fingerprint density at radius 1 is 1.50 bits per heavy atom. The van der Waals surface area contributed by atoms with E-state index in [4.69, 9.17) is 11.6 Å². The Kier molecular flexibility index (Phi) is 6.80. The van der Waals surface area contributed by atoms with Gasteiger partial charge in [-0.25, -0.2) is 8.78 Å². The fourth-order valence-electron chi connectivity index (χ4n) is 1.18. The van der Waals surface area contributed by atoms with Gasteiger partial charge >= 0.3 is 0 Å². The second-order valence-corrected chi connectivity index (χ2v) is 4.94. The molecule has 0 fully saturated rings. The van der Waals surface area contributed by atoms with Crippen LogP contribution in [0.15, 0.2) is 18.2 Å². The molecule has 0 heterocycles. The maximum Gasteiger partial charge on any atom is 0.261 e. The van der Waals surface area contributed by atoms with E-state index >= 15 is 0 Å². The van der Waals surface area contributed by atoms with Crippen LogP contribution < -0.4 is 5.32 Å². The molecule has 1 aromatic carbocycles. The number of ether oxygens (including phenoxy) is 1. The summed E-state index contributed by atoms with van der Waals surface area (Å²) in [6.07, 6.45) is -2.49. The molecule has 0 radical (unpaired) electrons. The standard InChI is InChI=1S/C11H11ClF2INO2/c12-7-1-2-9(15)8(5-7)11(17)16-3-4-18-6-10(13)14/h1-2,5,10H,3-4,6H2,(H,16,17). The first-order valence-corrected chi connectivity index (χ1v) is 6.55. The van der Waals surface area contributed by atoms with Crippen molar-refractivity contribution in [2.75, 3.05) is 19.8 Å². The molecule has 0 aromatic heterocycles. The van der Waals surface area contributed by atoms with Gasteiger partial charge in [0.1, 0.15) is 6.61 Å². The van der Waals surface area contributed by atoms with Crippen molar-refractivity contribution >= 4 is 40.1 Å². The number of alkyl halides is 2. The Bertz CT molecular complexity index is 418. The molecule has 18 heavy (non-hydrogen) atoms. The summed E-state index contributed by atoms with van der Waals surface area (Å²) >= 11 is 7.81. The summed E-state index contributed by atoms with van der Waals surface area (Å²) in [7, 11) is 0. The van der Waals surface area contributed by atoms with Crippen LogP contribution in [-0.2, 0) is 4.74 Å². The zero-order valence-electron chi connectivity index (χ0n) is 9.26. The smallest absolute Gasteiger partial charge is 0.261 e. The molecule has 3 nitrogen and oxygen atoms in total. The van der Waals surface area contributed by atoms with Crippen molar-refractivity contribution in [3.05, 3.63) is 32.4 Å². The van der Waals surface area contributed by atoms with Gasteiger partial charge in [0, 0.05) is 15.1 Å². The van der Waals surface area contributed by atoms with Crippen molar-refractivity contribution in [1.29, 1.82) is 0 Å². The molecule has 100 valence electrons. The molecule has 1 amide bonds. The number of carbonyl (C=O) groups is 1. The lowest BCUT2D eigenvalue weighted by atomic mass is 10.2. The summed E-state index contributed by atoms with van der Waals surface area (Å²) in [6.45, 7) is -0.397. The van der Waals surface area contributed by atoms with Crippen LogP contribution in [0, 0.1) is 3.57 Å². The van der Waals surface area contributed by atoms with Crippen molar-refractivity contribution in [3.63, 3.8) is 0 Å². The van der Waals surface area contributed by atoms with Gasteiger partial charge in [-0.1, -0.05) is 11.6 Å². The van der Waals surface area contributed by atoms with Crippen LogP contribution >= 0.6 is 34.2 Å². The monoisotopic (exact) mass is 389 g/mol. The minimum Gasteiger partial charge on any atom is -0.374 e. The molecular formula is C11H11ClF2INO2. The van der Waals surface area contributed by atoms with E-state index in [9.17, 15) is 13.6 Å². The third kappa shape index (κ3) is 5.45. The number of carbonyl (C=O) groups excluding carboxylic acids is 1. The van der Waals surface area contributed by atoms with Gasteiger partial charge < -0.3 is 10.1 Å². The molecule has 1 aromatic rings. The van der Waals surface area contributed by atoms with Gasteiger partial charge in [0.05, 0.1) is 12.2 Å². The average molecular weight is 390 g/mol. The zero-order valence-corrected chi connectivity index (χ0v) is 12.2. The van der Waals surface area contributed by atoms with E-state index in [0.29, 0.717) is 10.6 Å². The van der Waals surface area contributed by atoms with Crippen LogP contribution in [0.5, 0.6) is 0 Å². The summed E-state index contributed by atoms with van der Waals surface area (Å²) < 4.78 is 28.9. The highest BCUT2D eigenvalue weighted by Crippen LogP contribution is 2.17. The van der Waals surface area contributed by atoms with Crippen molar-refractivity contribution in [2.24, 2.45) is 0 Å². The first-order chi connectivity index (χ1) is 8.50. The SMILES string of the molecule is O=C(NCCOCC(F)F)c1cc(Cl)ccc1I. The van der Waals surface area contributed by atoms with Crippen molar-refractivity contribution in [3.8, 4) is 0 Å². The van der Waals surface area contributed by atoms with E-state index in [1.54, 1.807) is 18.2 Å². The molecule has 0 unspecified atom stereocenters. The highest BCUT2D eigenvalue weighted by atomic mass is 127. The lowest BCUT2D eigenvalue weighted by molar-refractivity contribution is 0.0188. The number of benzene rings is 1. The molecule has 1 N–H and O–H groups in total. The third-order valence-electron chi connectivity index (χ3n) is 1.95. The highest BCUT2D eigenvalue weighted by Gasteiger charge is 2.10. The lowest BCUT2D eigenvalue weighted by Crippen LogP contribution is -2.28. The van der Waals surface area contributed by atoms with Crippen LogP contribution in [0.1, 0.15) is 10.4 Å². The van der Waals surface area contributed by atoms with E-state index in [0.717, 1.165) is 3.57 Å². The molecule has 0 aliphatic carbocycles. The van der Waals surface area contributed by atoms with Crippen molar-refractivity contribution < 1.29 is 18.3 Å². The topological polar surface area (TPSA) is 38.3 Å². The number of halogens is 4. The molecule has 0 aliphatic heterocycles. The molecular weight excluding hydrogens is 378 g/mol. The normalized spacial score (nSPS) is 10.7. The third-order valence-corrected chi connectivity index (χ3v) is 3.12. The van der Waals surface area contributed by atoms with Crippen molar-refractivity contribution in [2.45, 2.75) is 6.43 Å². The van der Waals surface area contributed by atoms with E-state index in [1.807, 2.05) is 22.6 Å². The van der Waals surface area contributed by atoms with Crippen LogP contribution in [0.2, 0.25) is 5.02 Å². The number of nitrogens with one attached hydrogen (secondary N) is 1. The van der Waals surface area contributed by atoms with Gasteiger partial charge in [0.25, 0.3) is 12.3 Å². The first-order valence-electron chi connectivity index (χ1n) is 5.10. The number of amides is 1. The maximum absolute atomic E-state index is 11.8. The van der Waals surface area contributed by atoms with E-state index in [2.05, 4.69) is 10.1 Å². The van der Waals surface area contributed by atoms with E-state index < -0.39 is 13.0 Å². The Morgan fingerprint density at radius 3 is 2.89 bits per heavy atom. The largest absolute Gasteiger partial charge is 0.374 e. The van der Waals surface area contributed by atoms with Gasteiger partial charge in [0.2, 0.25) is 0 Å². The quantitative estimate of drug-likeness (QED) is 0.600. The minimum absolute atomic E-state index is 0.0488. The number of hydrogen-bond acceptors (Lipinski definition) is 2. The number of rotatable bonds is 6. The molecule has 1 rings (SSSR count). The van der Waals surface area contributed by atoms with Gasteiger partial charge in [-0.05, 0) is 40.8 Å². The summed E-state index contributed by atoms with van der Waals surface area (Å²) in [6, 6.07) is 4.97. The van der Waals surface area contributed by atoms with Gasteiger partial charge in [0.15, 0.2) is 0 Å². The fourth-order valence-corrected chi connectivity index (χ4v) is 1.93. The molecule has 7 heteroatoms. The molecule has 0 saturated carbocycles. The van der Waals surface area contributed by atoms with Crippen LogP contribution in [0.25, 0.3) is 0 Å². The summed E-state index contributed by atoms with van der Waals surface area (Å²) in [5.74, 6) is -0.303. The Hall–Kier alpha value is -0.470. The summed E-state index contributed by atoms with van der Waals surface area (Å²) in [5, 5.41) is 3.04. The predicted octanol–water partition coefficient (Wildman–Crippen LogP) is 2.96. The molecule has 0 aliphatic rings. The Labute approximate surface area is 122 Å². The Morgan fingerprint density at radius 2 is 2.22 bits per heavy atom. The lowest BCUT2D eigenvalue weighted by Gasteiger charge is -2.08. The zero-order chi connectivity index (χ0) is 13.5. The van der Waals surface area contributed by atoms with Gasteiger partial charge in [-0.3, -0.25) is 4.79 Å². The average Bonchev–Trinajstić information content (AvgIpc) is 2.31. The Balaban J connectivity index is 2.39. The molecule has 0 bridgehead atoms. The van der Waals surface area contributed by atoms with Crippen LogP contribution in [-0.4, -0.2) is 32.1 Å². The second kappa shape index (κ2) is 7.85. The van der Waals surface area contributed by atoms with E-state index in [-0.39, 0.29) is 19.1 Å². The first kappa shape index (κ1) is 15.6. The second-order valence-electron chi connectivity index (χ2n) is 3.35. The predicted molar refractivity (Wildman–Crippen MR) is 73.3 cm³/mol. The van der Waals surface area contributed by atoms with Gasteiger partial charge in [-0.2, -0.15) is 0 Å². The maximum atomic E-state index is 11.8. The fraction of sp³-hybridized carbons (Fsp3) is 0.364. The molecule has 0 saturated heterocycles. The number of hydrogen-bond donors (Lipinski definition) is 1. The molecule has 0 atom stereocenters. The summed E-state index contributed by atoms with van der Waals surface area (Å²) in [4.78, 5) is 11.7. The van der Waals surface area contributed by atoms with E-state index in [1.165, 1.54) is 0 Å².